The first kappa shape index (κ1) is 17.0. The van der Waals surface area contributed by atoms with Crippen molar-refractivity contribution in [1.29, 1.82) is 0 Å². The number of hydrogen-bond acceptors (Lipinski definition) is 4. The number of nitrogens with two attached hydrogens (primary N) is 1. The van der Waals surface area contributed by atoms with Crippen molar-refractivity contribution in [3.63, 3.8) is 0 Å². The van der Waals surface area contributed by atoms with Gasteiger partial charge >= 0.3 is 0 Å². The van der Waals surface area contributed by atoms with Gasteiger partial charge < -0.3 is 15.6 Å². The minimum absolute atomic E-state index is 0. The molecule has 3 N–H and O–H groups in total. The smallest absolute Gasteiger partial charge is 0.220 e. The lowest BCUT2D eigenvalue weighted by Gasteiger charge is -2.29. The number of hydrogen-bond donors (Lipinski definition) is 2. The van der Waals surface area contributed by atoms with E-state index in [-0.39, 0.29) is 23.9 Å². The van der Waals surface area contributed by atoms with Gasteiger partial charge in [-0.15, -0.1) is 12.4 Å². The van der Waals surface area contributed by atoms with Crippen molar-refractivity contribution in [3.8, 4) is 0 Å². The second kappa shape index (κ2) is 6.59. The Labute approximate surface area is 126 Å². The Hall–Kier alpha value is -1.07. The molecule has 114 valence electrons. The Kier molecular flexibility index (Phi) is 5.59. The summed E-state index contributed by atoms with van der Waals surface area (Å²) in [5.74, 6) is 1.40. The molecule has 1 amide bonds. The normalized spacial score (nSPS) is 17.2. The summed E-state index contributed by atoms with van der Waals surface area (Å²) in [6.07, 6.45) is 3.44. The first-order valence-corrected chi connectivity index (χ1v) is 6.89. The molecule has 1 atom stereocenters. The molecular weight excluding hydrogens is 278 g/mol. The van der Waals surface area contributed by atoms with Crippen molar-refractivity contribution in [1.82, 2.24) is 10.5 Å². The number of nitrogens with one attached hydrogen (secondary N) is 1. The molecule has 1 saturated carbocycles. The van der Waals surface area contributed by atoms with Crippen molar-refractivity contribution in [2.75, 3.05) is 6.54 Å². The van der Waals surface area contributed by atoms with Gasteiger partial charge in [-0.25, -0.2) is 0 Å². The van der Waals surface area contributed by atoms with Crippen molar-refractivity contribution >= 4 is 18.3 Å². The van der Waals surface area contributed by atoms with Crippen LogP contribution in [-0.4, -0.2) is 23.1 Å². The molecule has 5 nitrogen and oxygen atoms in total. The fourth-order valence-corrected chi connectivity index (χ4v) is 2.52. The highest BCUT2D eigenvalue weighted by molar-refractivity contribution is 5.85. The second-order valence-corrected chi connectivity index (χ2v) is 5.75. The van der Waals surface area contributed by atoms with Gasteiger partial charge in [-0.3, -0.25) is 4.79 Å². The van der Waals surface area contributed by atoms with Gasteiger partial charge in [-0.05, 0) is 46.0 Å². The van der Waals surface area contributed by atoms with Gasteiger partial charge in [0.1, 0.15) is 5.76 Å². The molecule has 0 radical (unpaired) electrons. The average molecular weight is 302 g/mol. The number of nitrogens with zero attached hydrogens (tertiary/aromatic N) is 1. The molecule has 1 fully saturated rings. The van der Waals surface area contributed by atoms with Gasteiger partial charge in [-0.2, -0.15) is 0 Å². The maximum absolute atomic E-state index is 12.0. The molecule has 1 aliphatic rings. The van der Waals surface area contributed by atoms with Crippen LogP contribution in [-0.2, 0) is 11.2 Å². The molecule has 6 heteroatoms. The monoisotopic (exact) mass is 301 g/mol. The lowest BCUT2D eigenvalue weighted by Crippen LogP contribution is -2.53. The van der Waals surface area contributed by atoms with Gasteiger partial charge in [0, 0.05) is 18.5 Å². The number of halogens is 1. The van der Waals surface area contributed by atoms with Gasteiger partial charge in [0.05, 0.1) is 11.2 Å². The van der Waals surface area contributed by atoms with E-state index < -0.39 is 0 Å². The largest absolute Gasteiger partial charge is 0.361 e. The third-order valence-electron chi connectivity index (χ3n) is 4.11. The molecule has 1 aliphatic carbocycles. The second-order valence-electron chi connectivity index (χ2n) is 5.75. The molecule has 0 aliphatic heterocycles. The first-order valence-electron chi connectivity index (χ1n) is 6.89. The maximum Gasteiger partial charge on any atom is 0.220 e. The van der Waals surface area contributed by atoms with Crippen LogP contribution in [0.2, 0.25) is 0 Å². The van der Waals surface area contributed by atoms with E-state index in [0.717, 1.165) is 29.9 Å². The van der Waals surface area contributed by atoms with Crippen LogP contribution in [0.25, 0.3) is 0 Å². The lowest BCUT2D eigenvalue weighted by molar-refractivity contribution is -0.123. The number of carbonyl (C=O) groups excluding carboxylic acids is 1. The van der Waals surface area contributed by atoms with Crippen LogP contribution < -0.4 is 11.1 Å². The number of aryl methyl sites for hydroxylation is 2. The van der Waals surface area contributed by atoms with Crippen molar-refractivity contribution in [2.45, 2.75) is 52.0 Å². The van der Waals surface area contributed by atoms with Crippen molar-refractivity contribution in [3.05, 3.63) is 17.0 Å². The van der Waals surface area contributed by atoms with E-state index in [1.165, 1.54) is 0 Å². The third kappa shape index (κ3) is 3.73. The summed E-state index contributed by atoms with van der Waals surface area (Å²) in [6.45, 7) is 6.31. The summed E-state index contributed by atoms with van der Waals surface area (Å²) >= 11 is 0. The van der Waals surface area contributed by atoms with Crippen LogP contribution >= 0.6 is 12.4 Å². The van der Waals surface area contributed by atoms with Gasteiger partial charge in [-0.1, -0.05) is 5.16 Å². The molecule has 2 rings (SSSR count). The van der Waals surface area contributed by atoms with Crippen LogP contribution in [0, 0.1) is 19.8 Å². The summed E-state index contributed by atoms with van der Waals surface area (Å²) in [6, 6.07) is 0. The summed E-state index contributed by atoms with van der Waals surface area (Å²) in [4.78, 5) is 12.0. The zero-order valence-electron chi connectivity index (χ0n) is 12.4. The summed E-state index contributed by atoms with van der Waals surface area (Å²) in [5, 5.41) is 6.99. The summed E-state index contributed by atoms with van der Waals surface area (Å²) in [7, 11) is 0. The van der Waals surface area contributed by atoms with Crippen LogP contribution in [0.5, 0.6) is 0 Å². The molecule has 0 spiro atoms. The molecule has 0 bridgehead atoms. The van der Waals surface area contributed by atoms with Gasteiger partial charge in [0.2, 0.25) is 5.91 Å². The van der Waals surface area contributed by atoms with Crippen molar-refractivity contribution < 1.29 is 9.32 Å². The Bertz CT molecular complexity index is 451. The Morgan fingerprint density at radius 2 is 2.15 bits per heavy atom. The topological polar surface area (TPSA) is 81.2 Å². The average Bonchev–Trinajstić information content (AvgIpc) is 3.16. The van der Waals surface area contributed by atoms with E-state index in [0.29, 0.717) is 25.3 Å². The minimum atomic E-state index is -0.240. The standard InChI is InChI=1S/C14H23N3O2.ClH/c1-9-12(10(2)19-17-9)6-7-13(18)16-14(3,8-15)11-4-5-11;/h11H,4-8,15H2,1-3H3,(H,16,18);1H. The fourth-order valence-electron chi connectivity index (χ4n) is 2.52. The number of amides is 1. The molecule has 20 heavy (non-hydrogen) atoms. The Balaban J connectivity index is 0.00000200. The predicted molar refractivity (Wildman–Crippen MR) is 79.9 cm³/mol. The van der Waals surface area contributed by atoms with Crippen LogP contribution in [0.15, 0.2) is 4.52 Å². The van der Waals surface area contributed by atoms with E-state index in [4.69, 9.17) is 10.3 Å². The quantitative estimate of drug-likeness (QED) is 0.841. The molecule has 1 aromatic rings. The molecular formula is C14H24ClN3O2. The molecule has 1 heterocycles. The zero-order chi connectivity index (χ0) is 14.0. The number of rotatable bonds is 6. The number of carbonyl (C=O) groups is 1. The van der Waals surface area contributed by atoms with Gasteiger partial charge in [0.15, 0.2) is 0 Å². The number of aromatic nitrogens is 1. The third-order valence-corrected chi connectivity index (χ3v) is 4.11. The zero-order valence-corrected chi connectivity index (χ0v) is 13.2. The predicted octanol–water partition coefficient (Wildman–Crippen LogP) is 1.89. The fraction of sp³-hybridized carbons (Fsp3) is 0.714. The highest BCUT2D eigenvalue weighted by Crippen LogP contribution is 2.39. The molecule has 1 unspecified atom stereocenters. The molecule has 1 aromatic heterocycles. The van der Waals surface area contributed by atoms with Crippen LogP contribution in [0.4, 0.5) is 0 Å². The Morgan fingerprint density at radius 3 is 2.60 bits per heavy atom. The van der Waals surface area contributed by atoms with E-state index >= 15 is 0 Å². The van der Waals surface area contributed by atoms with Gasteiger partial charge in [0.25, 0.3) is 0 Å². The van der Waals surface area contributed by atoms with Crippen LogP contribution in [0.3, 0.4) is 0 Å². The minimum Gasteiger partial charge on any atom is -0.361 e. The highest BCUT2D eigenvalue weighted by atomic mass is 35.5. The van der Waals surface area contributed by atoms with E-state index in [1.807, 2.05) is 20.8 Å². The summed E-state index contributed by atoms with van der Waals surface area (Å²) < 4.78 is 5.10. The lowest BCUT2D eigenvalue weighted by atomic mass is 9.95. The van der Waals surface area contributed by atoms with E-state index in [2.05, 4.69) is 10.5 Å². The van der Waals surface area contributed by atoms with E-state index in [9.17, 15) is 4.79 Å². The first-order chi connectivity index (χ1) is 8.96. The highest BCUT2D eigenvalue weighted by Gasteiger charge is 2.41. The molecule has 0 aromatic carbocycles. The Morgan fingerprint density at radius 1 is 1.50 bits per heavy atom. The van der Waals surface area contributed by atoms with E-state index in [1.54, 1.807) is 0 Å². The SMILES string of the molecule is Cc1noc(C)c1CCC(=O)NC(C)(CN)C1CC1.Cl. The van der Waals surface area contributed by atoms with Crippen molar-refractivity contribution in [2.24, 2.45) is 11.7 Å². The van der Waals surface area contributed by atoms with Crippen LogP contribution in [0.1, 0.15) is 43.2 Å². The maximum atomic E-state index is 12.0. The molecule has 0 saturated heterocycles. The summed E-state index contributed by atoms with van der Waals surface area (Å²) in [5.41, 5.74) is 7.46.